The molecule has 5 heteroatoms. The number of rotatable bonds is 5. The number of nitrogens with one attached hydrogen (secondary N) is 1. The molecule has 1 unspecified atom stereocenters. The minimum absolute atomic E-state index is 0.0645. The summed E-state index contributed by atoms with van der Waals surface area (Å²) in [6, 6.07) is 14.2. The highest BCUT2D eigenvalue weighted by Gasteiger charge is 2.05. The Hall–Kier alpha value is -2.04. The minimum atomic E-state index is -0.233. The van der Waals surface area contributed by atoms with Crippen LogP contribution in [0.3, 0.4) is 0 Å². The van der Waals surface area contributed by atoms with E-state index in [0.29, 0.717) is 16.5 Å². The standard InChI is InChI=1S/C16H17ClN2O2/c1-11(18)12-3-2-4-15(9-12)21-10-16(20)19-14-7-5-13(17)6-8-14/h2-9,11H,10,18H2,1H3,(H,19,20). The number of hydrogen-bond donors (Lipinski definition) is 2. The lowest BCUT2D eigenvalue weighted by molar-refractivity contribution is -0.118. The molecule has 0 saturated carbocycles. The third-order valence-electron chi connectivity index (χ3n) is 2.88. The van der Waals surface area contributed by atoms with Gasteiger partial charge in [0.05, 0.1) is 0 Å². The molecule has 0 fully saturated rings. The maximum atomic E-state index is 11.8. The van der Waals surface area contributed by atoms with Crippen LogP contribution in [0.15, 0.2) is 48.5 Å². The van der Waals surface area contributed by atoms with E-state index < -0.39 is 0 Å². The van der Waals surface area contributed by atoms with Crippen molar-refractivity contribution in [3.8, 4) is 5.75 Å². The summed E-state index contributed by atoms with van der Waals surface area (Å²) >= 11 is 5.78. The molecule has 3 N–H and O–H groups in total. The van der Waals surface area contributed by atoms with Gasteiger partial charge in [0.1, 0.15) is 5.75 Å². The van der Waals surface area contributed by atoms with Gasteiger partial charge in [-0.25, -0.2) is 0 Å². The van der Waals surface area contributed by atoms with Crippen molar-refractivity contribution in [3.05, 3.63) is 59.1 Å². The highest BCUT2D eigenvalue weighted by molar-refractivity contribution is 6.30. The molecule has 0 aliphatic carbocycles. The molecular formula is C16H17ClN2O2. The molecule has 2 rings (SSSR count). The van der Waals surface area contributed by atoms with E-state index in [9.17, 15) is 4.79 Å². The van der Waals surface area contributed by atoms with Gasteiger partial charge in [-0.3, -0.25) is 4.79 Å². The normalized spacial score (nSPS) is 11.8. The van der Waals surface area contributed by atoms with Gasteiger partial charge in [0.25, 0.3) is 5.91 Å². The molecule has 2 aromatic carbocycles. The van der Waals surface area contributed by atoms with Crippen molar-refractivity contribution in [2.75, 3.05) is 11.9 Å². The molecule has 0 heterocycles. The topological polar surface area (TPSA) is 64.3 Å². The van der Waals surface area contributed by atoms with Crippen LogP contribution in [-0.4, -0.2) is 12.5 Å². The molecular weight excluding hydrogens is 288 g/mol. The van der Waals surface area contributed by atoms with Gasteiger partial charge in [0, 0.05) is 16.8 Å². The van der Waals surface area contributed by atoms with Crippen molar-refractivity contribution in [3.63, 3.8) is 0 Å². The van der Waals surface area contributed by atoms with Crippen LogP contribution < -0.4 is 15.8 Å². The number of nitrogens with two attached hydrogens (primary N) is 1. The van der Waals surface area contributed by atoms with Gasteiger partial charge in [-0.1, -0.05) is 23.7 Å². The molecule has 0 bridgehead atoms. The van der Waals surface area contributed by atoms with Crippen molar-refractivity contribution in [2.45, 2.75) is 13.0 Å². The highest BCUT2D eigenvalue weighted by Crippen LogP contribution is 2.18. The molecule has 110 valence electrons. The summed E-state index contributed by atoms with van der Waals surface area (Å²) < 4.78 is 5.46. The van der Waals surface area contributed by atoms with Gasteiger partial charge in [0.15, 0.2) is 6.61 Å². The average Bonchev–Trinajstić information content (AvgIpc) is 2.48. The summed E-state index contributed by atoms with van der Waals surface area (Å²) in [6.45, 7) is 1.83. The Kier molecular flexibility index (Phi) is 5.20. The smallest absolute Gasteiger partial charge is 0.262 e. The largest absolute Gasteiger partial charge is 0.484 e. The maximum absolute atomic E-state index is 11.8. The molecule has 0 spiro atoms. The van der Waals surface area contributed by atoms with Crippen LogP contribution in [0, 0.1) is 0 Å². The first-order valence-electron chi connectivity index (χ1n) is 6.58. The van der Waals surface area contributed by atoms with E-state index in [1.807, 2.05) is 25.1 Å². The van der Waals surface area contributed by atoms with Gasteiger partial charge in [-0.15, -0.1) is 0 Å². The Balaban J connectivity index is 1.89. The first kappa shape index (κ1) is 15.4. The van der Waals surface area contributed by atoms with Gasteiger partial charge in [-0.05, 0) is 48.9 Å². The Morgan fingerprint density at radius 3 is 2.67 bits per heavy atom. The zero-order valence-corrected chi connectivity index (χ0v) is 12.4. The molecule has 0 aromatic heterocycles. The zero-order chi connectivity index (χ0) is 15.2. The Morgan fingerprint density at radius 2 is 2.00 bits per heavy atom. The van der Waals surface area contributed by atoms with Gasteiger partial charge in [-0.2, -0.15) is 0 Å². The summed E-state index contributed by atoms with van der Waals surface area (Å²) in [5.74, 6) is 0.388. The van der Waals surface area contributed by atoms with Gasteiger partial charge >= 0.3 is 0 Å². The molecule has 0 aliphatic rings. The molecule has 21 heavy (non-hydrogen) atoms. The monoisotopic (exact) mass is 304 g/mol. The summed E-state index contributed by atoms with van der Waals surface area (Å²) in [5, 5.41) is 3.35. The predicted molar refractivity (Wildman–Crippen MR) is 84.6 cm³/mol. The number of carbonyl (C=O) groups is 1. The zero-order valence-electron chi connectivity index (χ0n) is 11.7. The van der Waals surface area contributed by atoms with Crippen LogP contribution in [0.25, 0.3) is 0 Å². The fourth-order valence-corrected chi connectivity index (χ4v) is 1.89. The third kappa shape index (κ3) is 4.77. The number of ether oxygens (including phenoxy) is 1. The lowest BCUT2D eigenvalue weighted by Crippen LogP contribution is -2.20. The number of benzene rings is 2. The van der Waals surface area contributed by atoms with E-state index in [1.165, 1.54) is 0 Å². The summed E-state index contributed by atoms with van der Waals surface area (Å²) in [7, 11) is 0. The summed E-state index contributed by atoms with van der Waals surface area (Å²) in [6.07, 6.45) is 0. The SMILES string of the molecule is CC(N)c1cccc(OCC(=O)Nc2ccc(Cl)cc2)c1. The highest BCUT2D eigenvalue weighted by atomic mass is 35.5. The maximum Gasteiger partial charge on any atom is 0.262 e. The first-order valence-corrected chi connectivity index (χ1v) is 6.96. The van der Waals surface area contributed by atoms with Crippen LogP contribution in [0.1, 0.15) is 18.5 Å². The van der Waals surface area contributed by atoms with Crippen molar-refractivity contribution in [1.82, 2.24) is 0 Å². The van der Waals surface area contributed by atoms with Crippen molar-refractivity contribution < 1.29 is 9.53 Å². The lowest BCUT2D eigenvalue weighted by Gasteiger charge is -2.10. The van der Waals surface area contributed by atoms with Gasteiger partial charge in [0.2, 0.25) is 0 Å². The number of hydrogen-bond acceptors (Lipinski definition) is 3. The van der Waals surface area contributed by atoms with E-state index in [0.717, 1.165) is 5.56 Å². The molecule has 0 aliphatic heterocycles. The van der Waals surface area contributed by atoms with Crippen LogP contribution in [0.2, 0.25) is 5.02 Å². The number of carbonyl (C=O) groups excluding carboxylic acids is 1. The number of amides is 1. The fraction of sp³-hybridized carbons (Fsp3) is 0.188. The van der Waals surface area contributed by atoms with E-state index in [-0.39, 0.29) is 18.6 Å². The fourth-order valence-electron chi connectivity index (χ4n) is 1.77. The Labute approximate surface area is 128 Å². The second kappa shape index (κ2) is 7.11. The summed E-state index contributed by atoms with van der Waals surface area (Å²) in [5.41, 5.74) is 7.45. The Bertz CT molecular complexity index is 612. The van der Waals surface area contributed by atoms with Crippen LogP contribution in [0.4, 0.5) is 5.69 Å². The van der Waals surface area contributed by atoms with Crippen molar-refractivity contribution >= 4 is 23.2 Å². The second-order valence-corrected chi connectivity index (χ2v) is 5.14. The second-order valence-electron chi connectivity index (χ2n) is 4.70. The molecule has 1 amide bonds. The van der Waals surface area contributed by atoms with E-state index in [4.69, 9.17) is 22.1 Å². The average molecular weight is 305 g/mol. The quantitative estimate of drug-likeness (QED) is 0.890. The van der Waals surface area contributed by atoms with Crippen LogP contribution >= 0.6 is 11.6 Å². The predicted octanol–water partition coefficient (Wildman–Crippen LogP) is 3.38. The van der Waals surface area contributed by atoms with E-state index in [2.05, 4.69) is 5.32 Å². The van der Waals surface area contributed by atoms with Crippen LogP contribution in [0.5, 0.6) is 5.75 Å². The van der Waals surface area contributed by atoms with Crippen molar-refractivity contribution in [2.24, 2.45) is 5.73 Å². The molecule has 2 aromatic rings. The van der Waals surface area contributed by atoms with E-state index in [1.54, 1.807) is 30.3 Å². The first-order chi connectivity index (χ1) is 10.0. The molecule has 0 radical (unpaired) electrons. The molecule has 1 atom stereocenters. The van der Waals surface area contributed by atoms with Crippen LogP contribution in [-0.2, 0) is 4.79 Å². The number of halogens is 1. The number of anilines is 1. The molecule has 0 saturated heterocycles. The summed E-state index contributed by atoms with van der Waals surface area (Å²) in [4.78, 5) is 11.8. The van der Waals surface area contributed by atoms with Gasteiger partial charge < -0.3 is 15.8 Å². The molecule has 4 nitrogen and oxygen atoms in total. The lowest BCUT2D eigenvalue weighted by atomic mass is 10.1. The Morgan fingerprint density at radius 1 is 1.29 bits per heavy atom. The van der Waals surface area contributed by atoms with Crippen molar-refractivity contribution in [1.29, 1.82) is 0 Å². The third-order valence-corrected chi connectivity index (χ3v) is 3.13. The minimum Gasteiger partial charge on any atom is -0.484 e. The van der Waals surface area contributed by atoms with E-state index >= 15 is 0 Å².